The van der Waals surface area contributed by atoms with Gasteiger partial charge in [0.15, 0.2) is 0 Å². The van der Waals surface area contributed by atoms with E-state index in [1.54, 1.807) is 0 Å². The lowest BCUT2D eigenvalue weighted by Crippen LogP contribution is -2.11. The molecule has 8 heteroatoms. The fourth-order valence-corrected chi connectivity index (χ4v) is 0.442. The topological polar surface area (TPSA) is 139 Å². The summed E-state index contributed by atoms with van der Waals surface area (Å²) in [5.74, 6) is 0. The molecule has 1 heterocycles. The first-order chi connectivity index (χ1) is 5.96. The number of nitrogens with one attached hydrogen (secondary N) is 2. The molecule has 0 saturated carbocycles. The molecule has 0 aliphatic carbocycles. The first-order valence-corrected chi connectivity index (χ1v) is 3.22. The van der Waals surface area contributed by atoms with E-state index in [1.807, 2.05) is 0 Å². The molecule has 6 N–H and O–H groups in total. The van der Waals surface area contributed by atoms with E-state index in [-0.39, 0.29) is 0 Å². The minimum Gasteiger partial charge on any atom is -0.450 e. The standard InChI is InChI=1S/C3H8N2.2CH2O3/c1-2-5-3-4-1;2*2-1(3)4/h4-5H,1-3H2;2*(H2,2,3,4). The maximum absolute atomic E-state index is 8.56. The Morgan fingerprint density at radius 3 is 1.15 bits per heavy atom. The summed E-state index contributed by atoms with van der Waals surface area (Å²) in [5, 5.41) is 34.1. The van der Waals surface area contributed by atoms with E-state index >= 15 is 0 Å². The van der Waals surface area contributed by atoms with Crippen molar-refractivity contribution in [2.24, 2.45) is 0 Å². The summed E-state index contributed by atoms with van der Waals surface area (Å²) < 4.78 is 0. The van der Waals surface area contributed by atoms with E-state index in [9.17, 15) is 0 Å². The number of hydrogen-bond donors (Lipinski definition) is 6. The Morgan fingerprint density at radius 1 is 0.846 bits per heavy atom. The molecule has 0 unspecified atom stereocenters. The molecule has 0 bridgehead atoms. The van der Waals surface area contributed by atoms with Crippen LogP contribution in [0.25, 0.3) is 0 Å². The summed E-state index contributed by atoms with van der Waals surface area (Å²) >= 11 is 0. The molecular formula is C5H12N2O6. The average molecular weight is 196 g/mol. The molecule has 1 aliphatic rings. The average Bonchev–Trinajstić information content (AvgIpc) is 2.35. The van der Waals surface area contributed by atoms with Crippen LogP contribution in [-0.4, -0.2) is 52.5 Å². The number of carboxylic acid groups (broad SMARTS) is 4. The third-order valence-corrected chi connectivity index (χ3v) is 0.729. The molecule has 0 amide bonds. The molecule has 0 radical (unpaired) electrons. The summed E-state index contributed by atoms with van der Waals surface area (Å²) in [6.45, 7) is 3.28. The summed E-state index contributed by atoms with van der Waals surface area (Å²) in [5.41, 5.74) is 0. The fraction of sp³-hybridized carbons (Fsp3) is 0.600. The van der Waals surface area contributed by atoms with E-state index in [1.165, 1.54) is 0 Å². The van der Waals surface area contributed by atoms with Gasteiger partial charge in [0.25, 0.3) is 0 Å². The minimum atomic E-state index is -1.83. The van der Waals surface area contributed by atoms with E-state index in [0.717, 1.165) is 19.8 Å². The fourth-order valence-electron chi connectivity index (χ4n) is 0.442. The highest BCUT2D eigenvalue weighted by molar-refractivity contribution is 5.53. The first kappa shape index (κ1) is 14.0. The van der Waals surface area contributed by atoms with Gasteiger partial charge in [-0.25, -0.2) is 9.59 Å². The predicted octanol–water partition coefficient (Wildman–Crippen LogP) is -0.418. The maximum atomic E-state index is 8.56. The lowest BCUT2D eigenvalue weighted by molar-refractivity contribution is 0.135. The van der Waals surface area contributed by atoms with Gasteiger partial charge in [-0.2, -0.15) is 0 Å². The minimum absolute atomic E-state index is 1.00. The highest BCUT2D eigenvalue weighted by atomic mass is 16.6. The quantitative estimate of drug-likeness (QED) is 0.307. The van der Waals surface area contributed by atoms with Crippen LogP contribution >= 0.6 is 0 Å². The summed E-state index contributed by atoms with van der Waals surface area (Å²) in [4.78, 5) is 17.1. The van der Waals surface area contributed by atoms with Crippen molar-refractivity contribution in [3.63, 3.8) is 0 Å². The van der Waals surface area contributed by atoms with Crippen molar-refractivity contribution >= 4 is 12.3 Å². The largest absolute Gasteiger partial charge is 0.503 e. The van der Waals surface area contributed by atoms with Crippen LogP contribution in [0.3, 0.4) is 0 Å². The van der Waals surface area contributed by atoms with Gasteiger partial charge in [0.1, 0.15) is 0 Å². The van der Waals surface area contributed by atoms with E-state index in [0.29, 0.717) is 0 Å². The SMILES string of the molecule is C1CNCN1.O=C(O)O.O=C(O)O. The number of carbonyl (C=O) groups is 2. The molecule has 0 aromatic carbocycles. The van der Waals surface area contributed by atoms with Crippen molar-refractivity contribution in [3.05, 3.63) is 0 Å². The van der Waals surface area contributed by atoms with Crippen molar-refractivity contribution in [2.45, 2.75) is 0 Å². The first-order valence-electron chi connectivity index (χ1n) is 3.22. The Hall–Kier alpha value is -1.54. The van der Waals surface area contributed by atoms with E-state index < -0.39 is 12.3 Å². The molecule has 78 valence electrons. The van der Waals surface area contributed by atoms with Crippen molar-refractivity contribution in [1.29, 1.82) is 0 Å². The highest BCUT2D eigenvalue weighted by Gasteiger charge is 1.90. The molecule has 0 atom stereocenters. The monoisotopic (exact) mass is 196 g/mol. The van der Waals surface area contributed by atoms with Gasteiger partial charge >= 0.3 is 12.3 Å². The molecule has 13 heavy (non-hydrogen) atoms. The van der Waals surface area contributed by atoms with Gasteiger partial charge in [0.05, 0.1) is 0 Å². The Morgan fingerprint density at radius 2 is 1.08 bits per heavy atom. The van der Waals surface area contributed by atoms with Crippen LogP contribution in [0.15, 0.2) is 0 Å². The third kappa shape index (κ3) is 62.5. The van der Waals surface area contributed by atoms with Gasteiger partial charge < -0.3 is 31.1 Å². The Bertz CT molecular complexity index is 118. The van der Waals surface area contributed by atoms with E-state index in [4.69, 9.17) is 30.0 Å². The second-order valence-electron chi connectivity index (χ2n) is 1.74. The van der Waals surface area contributed by atoms with Crippen molar-refractivity contribution in [1.82, 2.24) is 10.6 Å². The Balaban J connectivity index is 0. The lowest BCUT2D eigenvalue weighted by atomic mass is 10.7. The molecule has 1 aliphatic heterocycles. The van der Waals surface area contributed by atoms with Crippen LogP contribution in [0.1, 0.15) is 0 Å². The third-order valence-electron chi connectivity index (χ3n) is 0.729. The van der Waals surface area contributed by atoms with Crippen LogP contribution in [0.2, 0.25) is 0 Å². The molecule has 0 spiro atoms. The van der Waals surface area contributed by atoms with Gasteiger partial charge in [-0.15, -0.1) is 0 Å². The van der Waals surface area contributed by atoms with E-state index in [2.05, 4.69) is 10.6 Å². The molecule has 0 aromatic rings. The summed E-state index contributed by atoms with van der Waals surface area (Å²) in [6.07, 6.45) is -3.67. The van der Waals surface area contributed by atoms with Crippen molar-refractivity contribution in [2.75, 3.05) is 19.8 Å². The Kier molecular flexibility index (Phi) is 11.3. The van der Waals surface area contributed by atoms with Crippen molar-refractivity contribution in [3.8, 4) is 0 Å². The molecule has 1 rings (SSSR count). The zero-order chi connectivity index (χ0) is 10.7. The zero-order valence-corrected chi connectivity index (χ0v) is 6.73. The lowest BCUT2D eigenvalue weighted by Gasteiger charge is -1.77. The number of hydrogen-bond acceptors (Lipinski definition) is 4. The van der Waals surface area contributed by atoms with Crippen molar-refractivity contribution < 1.29 is 30.0 Å². The van der Waals surface area contributed by atoms with Gasteiger partial charge in [0, 0.05) is 19.8 Å². The highest BCUT2D eigenvalue weighted by Crippen LogP contribution is 1.62. The molecule has 8 nitrogen and oxygen atoms in total. The normalized spacial score (nSPS) is 12.9. The zero-order valence-electron chi connectivity index (χ0n) is 6.73. The maximum Gasteiger partial charge on any atom is 0.503 e. The second-order valence-corrected chi connectivity index (χ2v) is 1.74. The molecule has 1 fully saturated rings. The van der Waals surface area contributed by atoms with Gasteiger partial charge in [-0.05, 0) is 0 Å². The number of rotatable bonds is 0. The molecule has 0 aromatic heterocycles. The van der Waals surface area contributed by atoms with Crippen LogP contribution in [0.4, 0.5) is 9.59 Å². The van der Waals surface area contributed by atoms with Crippen LogP contribution in [0, 0.1) is 0 Å². The summed E-state index contributed by atoms with van der Waals surface area (Å²) in [7, 11) is 0. The van der Waals surface area contributed by atoms with Gasteiger partial charge in [-0.3, -0.25) is 0 Å². The van der Waals surface area contributed by atoms with Crippen LogP contribution in [0.5, 0.6) is 0 Å². The van der Waals surface area contributed by atoms with Crippen LogP contribution in [-0.2, 0) is 0 Å². The second kappa shape index (κ2) is 10.5. The predicted molar refractivity (Wildman–Crippen MR) is 42.2 cm³/mol. The van der Waals surface area contributed by atoms with Gasteiger partial charge in [-0.1, -0.05) is 0 Å². The Labute approximate surface area is 73.8 Å². The molecule has 1 saturated heterocycles. The van der Waals surface area contributed by atoms with Crippen LogP contribution < -0.4 is 10.6 Å². The van der Waals surface area contributed by atoms with Gasteiger partial charge in [0.2, 0.25) is 0 Å². The smallest absolute Gasteiger partial charge is 0.450 e. The molecular weight excluding hydrogens is 184 g/mol. The summed E-state index contributed by atoms with van der Waals surface area (Å²) in [6, 6.07) is 0.